The molecule has 0 radical (unpaired) electrons. The number of rotatable bonds is 6. The third kappa shape index (κ3) is 4.16. The van der Waals surface area contributed by atoms with E-state index in [2.05, 4.69) is 5.32 Å². The SMILES string of the molecule is C[C@H](c1ccccc1)N1C(=O)c2ccccc2C1C(=O)NCc1ccc(S(C)(=O)=O)cc1. The van der Waals surface area contributed by atoms with Gasteiger partial charge in [0.15, 0.2) is 9.84 Å². The second-order valence-corrected chi connectivity index (χ2v) is 9.94. The Morgan fingerprint density at radius 1 is 0.969 bits per heavy atom. The van der Waals surface area contributed by atoms with Crippen LogP contribution in [0.3, 0.4) is 0 Å². The van der Waals surface area contributed by atoms with E-state index >= 15 is 0 Å². The number of fused-ring (bicyclic) bond motifs is 1. The van der Waals surface area contributed by atoms with Crippen molar-refractivity contribution in [1.29, 1.82) is 0 Å². The van der Waals surface area contributed by atoms with Gasteiger partial charge < -0.3 is 10.2 Å². The Labute approximate surface area is 187 Å². The fraction of sp³-hybridized carbons (Fsp3) is 0.200. The zero-order valence-corrected chi connectivity index (χ0v) is 18.7. The minimum atomic E-state index is -3.28. The van der Waals surface area contributed by atoms with Crippen LogP contribution < -0.4 is 5.32 Å². The van der Waals surface area contributed by atoms with E-state index in [1.165, 1.54) is 12.1 Å². The van der Waals surface area contributed by atoms with Crippen molar-refractivity contribution in [2.24, 2.45) is 0 Å². The van der Waals surface area contributed by atoms with Gasteiger partial charge in [-0.2, -0.15) is 0 Å². The second-order valence-electron chi connectivity index (χ2n) is 7.92. The first kappa shape index (κ1) is 21.8. The molecule has 0 fully saturated rings. The number of benzene rings is 3. The summed E-state index contributed by atoms with van der Waals surface area (Å²) in [5.74, 6) is -0.451. The summed E-state index contributed by atoms with van der Waals surface area (Å²) in [6.07, 6.45) is 1.15. The topological polar surface area (TPSA) is 83.6 Å². The Bertz CT molecular complexity index is 1250. The highest BCUT2D eigenvalue weighted by Gasteiger charge is 2.43. The smallest absolute Gasteiger partial charge is 0.255 e. The number of carbonyl (C=O) groups is 2. The van der Waals surface area contributed by atoms with Crippen LogP contribution in [-0.4, -0.2) is 31.4 Å². The lowest BCUT2D eigenvalue weighted by molar-refractivity contribution is -0.126. The summed E-state index contributed by atoms with van der Waals surface area (Å²) in [6, 6.07) is 22.2. The molecule has 0 saturated carbocycles. The Morgan fingerprint density at radius 2 is 1.59 bits per heavy atom. The number of sulfone groups is 1. The van der Waals surface area contributed by atoms with E-state index in [0.29, 0.717) is 11.1 Å². The number of nitrogens with one attached hydrogen (secondary N) is 1. The first-order valence-corrected chi connectivity index (χ1v) is 12.2. The molecule has 0 aliphatic carbocycles. The zero-order valence-electron chi connectivity index (χ0n) is 17.9. The van der Waals surface area contributed by atoms with E-state index in [1.807, 2.05) is 49.4 Å². The number of carbonyl (C=O) groups excluding carboxylic acids is 2. The molecule has 1 unspecified atom stereocenters. The van der Waals surface area contributed by atoms with E-state index in [1.54, 1.807) is 29.2 Å². The highest BCUT2D eigenvalue weighted by molar-refractivity contribution is 7.90. The largest absolute Gasteiger partial charge is 0.350 e. The van der Waals surface area contributed by atoms with Crippen molar-refractivity contribution < 1.29 is 18.0 Å². The second kappa shape index (κ2) is 8.59. The van der Waals surface area contributed by atoms with Crippen molar-refractivity contribution in [2.75, 3.05) is 6.26 Å². The predicted octanol–water partition coefficient (Wildman–Crippen LogP) is 3.66. The maximum Gasteiger partial charge on any atom is 0.255 e. The van der Waals surface area contributed by atoms with Gasteiger partial charge in [-0.15, -0.1) is 0 Å². The summed E-state index contributed by atoms with van der Waals surface area (Å²) < 4.78 is 23.3. The molecule has 0 spiro atoms. The Hall–Kier alpha value is -3.45. The van der Waals surface area contributed by atoms with E-state index in [-0.39, 0.29) is 29.3 Å². The van der Waals surface area contributed by atoms with Gasteiger partial charge in [-0.3, -0.25) is 9.59 Å². The average molecular weight is 449 g/mol. The Balaban J connectivity index is 1.58. The van der Waals surface area contributed by atoms with Crippen molar-refractivity contribution in [3.8, 4) is 0 Å². The molecular weight excluding hydrogens is 424 g/mol. The van der Waals surface area contributed by atoms with Crippen molar-refractivity contribution >= 4 is 21.7 Å². The molecule has 32 heavy (non-hydrogen) atoms. The van der Waals surface area contributed by atoms with Gasteiger partial charge in [0.2, 0.25) is 5.91 Å². The molecular formula is C25H24N2O4S. The first-order chi connectivity index (χ1) is 15.3. The number of amides is 2. The maximum atomic E-state index is 13.3. The van der Waals surface area contributed by atoms with Crippen molar-refractivity contribution in [1.82, 2.24) is 10.2 Å². The quantitative estimate of drug-likeness (QED) is 0.624. The lowest BCUT2D eigenvalue weighted by Crippen LogP contribution is -2.40. The number of hydrogen-bond donors (Lipinski definition) is 1. The molecule has 3 aromatic carbocycles. The van der Waals surface area contributed by atoms with Crippen LogP contribution in [0.25, 0.3) is 0 Å². The van der Waals surface area contributed by atoms with Crippen LogP contribution in [0, 0.1) is 0 Å². The summed E-state index contributed by atoms with van der Waals surface area (Å²) >= 11 is 0. The minimum Gasteiger partial charge on any atom is -0.350 e. The normalized spacial score (nSPS) is 16.5. The van der Waals surface area contributed by atoms with Gasteiger partial charge in [0.25, 0.3) is 5.91 Å². The molecule has 4 rings (SSSR count). The van der Waals surface area contributed by atoms with Crippen LogP contribution in [0.1, 0.15) is 46.1 Å². The minimum absolute atomic E-state index is 0.172. The number of hydrogen-bond acceptors (Lipinski definition) is 4. The third-order valence-electron chi connectivity index (χ3n) is 5.76. The summed E-state index contributed by atoms with van der Waals surface area (Å²) in [5.41, 5.74) is 2.94. The van der Waals surface area contributed by atoms with Crippen molar-refractivity contribution in [3.63, 3.8) is 0 Å². The fourth-order valence-corrected chi connectivity index (χ4v) is 4.67. The lowest BCUT2D eigenvalue weighted by atomic mass is 10.0. The monoisotopic (exact) mass is 448 g/mol. The van der Waals surface area contributed by atoms with Crippen molar-refractivity contribution in [3.05, 3.63) is 101 Å². The highest BCUT2D eigenvalue weighted by atomic mass is 32.2. The highest BCUT2D eigenvalue weighted by Crippen LogP contribution is 2.39. The van der Waals surface area contributed by atoms with Crippen molar-refractivity contribution in [2.45, 2.75) is 30.4 Å². The average Bonchev–Trinajstić information content (AvgIpc) is 3.10. The molecule has 1 N–H and O–H groups in total. The molecule has 164 valence electrons. The van der Waals surface area contributed by atoms with Crippen LogP contribution in [0.5, 0.6) is 0 Å². The molecule has 3 aromatic rings. The van der Waals surface area contributed by atoms with E-state index in [4.69, 9.17) is 0 Å². The summed E-state index contributed by atoms with van der Waals surface area (Å²) in [7, 11) is -3.28. The van der Waals surface area contributed by atoms with Gasteiger partial charge in [0, 0.05) is 18.4 Å². The molecule has 0 bridgehead atoms. The van der Waals surface area contributed by atoms with Crippen LogP contribution in [0.2, 0.25) is 0 Å². The molecule has 1 heterocycles. The molecule has 0 saturated heterocycles. The van der Waals surface area contributed by atoms with E-state index in [9.17, 15) is 18.0 Å². The third-order valence-corrected chi connectivity index (χ3v) is 6.89. The summed E-state index contributed by atoms with van der Waals surface area (Å²) in [5, 5.41) is 2.91. The van der Waals surface area contributed by atoms with Gasteiger partial charge in [-0.1, -0.05) is 60.7 Å². The molecule has 7 heteroatoms. The fourth-order valence-electron chi connectivity index (χ4n) is 4.04. The first-order valence-electron chi connectivity index (χ1n) is 10.3. The van der Waals surface area contributed by atoms with E-state index in [0.717, 1.165) is 17.4 Å². The maximum absolute atomic E-state index is 13.3. The molecule has 1 aliphatic heterocycles. The van der Waals surface area contributed by atoms with Crippen LogP contribution >= 0.6 is 0 Å². The molecule has 6 nitrogen and oxygen atoms in total. The van der Waals surface area contributed by atoms with Gasteiger partial charge in [-0.05, 0) is 41.8 Å². The zero-order chi connectivity index (χ0) is 22.9. The van der Waals surface area contributed by atoms with Crippen LogP contribution in [-0.2, 0) is 21.2 Å². The lowest BCUT2D eigenvalue weighted by Gasteiger charge is -2.31. The predicted molar refractivity (Wildman–Crippen MR) is 122 cm³/mol. The Kier molecular flexibility index (Phi) is 5.84. The van der Waals surface area contributed by atoms with Crippen LogP contribution in [0.4, 0.5) is 0 Å². The molecule has 2 atom stereocenters. The molecule has 2 amide bonds. The molecule has 1 aliphatic rings. The van der Waals surface area contributed by atoms with Gasteiger partial charge in [0.1, 0.15) is 6.04 Å². The van der Waals surface area contributed by atoms with E-state index < -0.39 is 15.9 Å². The summed E-state index contributed by atoms with van der Waals surface area (Å²) in [6.45, 7) is 2.15. The molecule has 0 aromatic heterocycles. The van der Waals surface area contributed by atoms with Crippen LogP contribution in [0.15, 0.2) is 83.8 Å². The van der Waals surface area contributed by atoms with Gasteiger partial charge >= 0.3 is 0 Å². The standard InChI is InChI=1S/C25H24N2O4S/c1-17(19-8-4-3-5-9-19)27-23(21-10-6-7-11-22(21)25(27)29)24(28)26-16-18-12-14-20(15-13-18)32(2,30)31/h3-15,17,23H,16H2,1-2H3,(H,26,28)/t17-,23?/m1/s1. The Morgan fingerprint density at radius 3 is 2.25 bits per heavy atom. The summed E-state index contributed by atoms with van der Waals surface area (Å²) in [4.78, 5) is 28.4. The van der Waals surface area contributed by atoms with Gasteiger partial charge in [-0.25, -0.2) is 8.42 Å². The van der Waals surface area contributed by atoms with Gasteiger partial charge in [0.05, 0.1) is 10.9 Å². The number of nitrogens with zero attached hydrogens (tertiary/aromatic N) is 1.